The zero-order valence-electron chi connectivity index (χ0n) is 37.5. The van der Waals surface area contributed by atoms with Gasteiger partial charge in [-0.3, -0.25) is 4.79 Å². The Bertz CT molecular complexity index is 870. The first-order valence-electron chi connectivity index (χ1n) is 24.8. The van der Waals surface area contributed by atoms with Crippen molar-refractivity contribution in [1.29, 1.82) is 0 Å². The number of aliphatic hydroxyl groups excluding tert-OH is 3. The van der Waals surface area contributed by atoms with Gasteiger partial charge in [0.15, 0.2) is 0 Å². The largest absolute Gasteiger partial charge is 0.394 e. The van der Waals surface area contributed by atoms with Gasteiger partial charge in [-0.2, -0.15) is 0 Å². The lowest BCUT2D eigenvalue weighted by Crippen LogP contribution is -2.50. The zero-order valence-corrected chi connectivity index (χ0v) is 37.5. The Morgan fingerprint density at radius 2 is 0.786 bits per heavy atom. The van der Waals surface area contributed by atoms with Crippen LogP contribution >= 0.6 is 0 Å². The molecule has 0 heterocycles. The van der Waals surface area contributed by atoms with Gasteiger partial charge in [0.2, 0.25) is 5.91 Å². The number of hydrogen-bond donors (Lipinski definition) is 4. The molecule has 0 saturated heterocycles. The fourth-order valence-electron chi connectivity index (χ4n) is 7.65. The summed E-state index contributed by atoms with van der Waals surface area (Å²) in [5.74, 6) is -0.159. The third-order valence-corrected chi connectivity index (χ3v) is 11.5. The summed E-state index contributed by atoms with van der Waals surface area (Å²) in [5.41, 5.74) is 0. The molecule has 0 bridgehead atoms. The molecule has 56 heavy (non-hydrogen) atoms. The highest BCUT2D eigenvalue weighted by Gasteiger charge is 2.26. The number of nitrogens with one attached hydrogen (secondary N) is 1. The monoisotopic (exact) mass is 788 g/mol. The maximum Gasteiger partial charge on any atom is 0.220 e. The van der Waals surface area contributed by atoms with Gasteiger partial charge in [-0.05, 0) is 70.6 Å². The summed E-state index contributed by atoms with van der Waals surface area (Å²) in [7, 11) is 0. The van der Waals surface area contributed by atoms with Crippen LogP contribution in [-0.2, 0) is 4.79 Å². The smallest absolute Gasteiger partial charge is 0.220 e. The van der Waals surface area contributed by atoms with Crippen LogP contribution in [0.5, 0.6) is 0 Å². The second-order valence-corrected chi connectivity index (χ2v) is 17.0. The van der Waals surface area contributed by atoms with E-state index < -0.39 is 18.2 Å². The first-order valence-corrected chi connectivity index (χ1v) is 24.8. The molecule has 0 aromatic rings. The minimum atomic E-state index is -1.16. The van der Waals surface area contributed by atoms with E-state index in [0.717, 1.165) is 51.4 Å². The molecule has 0 aliphatic carbocycles. The fraction of sp³-hybridized carbons (Fsp3) is 0.863. The highest BCUT2D eigenvalue weighted by atomic mass is 16.3. The van der Waals surface area contributed by atoms with Gasteiger partial charge in [-0.15, -0.1) is 0 Å². The Morgan fingerprint density at radius 1 is 0.446 bits per heavy atom. The summed E-state index contributed by atoms with van der Waals surface area (Å²) in [5, 5.41) is 33.3. The van der Waals surface area contributed by atoms with E-state index in [1.54, 1.807) is 0 Å². The number of hydrogen-bond acceptors (Lipinski definition) is 4. The lowest BCUT2D eigenvalue weighted by molar-refractivity contribution is -0.124. The van der Waals surface area contributed by atoms with E-state index in [4.69, 9.17) is 0 Å². The number of amides is 1. The molecule has 5 heteroatoms. The van der Waals surface area contributed by atoms with E-state index in [-0.39, 0.29) is 12.5 Å². The normalized spacial score (nSPS) is 13.7. The first-order chi connectivity index (χ1) is 27.6. The van der Waals surface area contributed by atoms with E-state index in [9.17, 15) is 20.1 Å². The van der Waals surface area contributed by atoms with Crippen molar-refractivity contribution >= 4 is 5.91 Å². The van der Waals surface area contributed by atoms with Crippen LogP contribution < -0.4 is 5.32 Å². The summed E-state index contributed by atoms with van der Waals surface area (Å²) < 4.78 is 0. The molecule has 3 atom stereocenters. The summed E-state index contributed by atoms with van der Waals surface area (Å²) in [4.78, 5) is 12.4. The molecule has 0 rings (SSSR count). The van der Waals surface area contributed by atoms with Crippen LogP contribution in [0.2, 0.25) is 0 Å². The highest BCUT2D eigenvalue weighted by molar-refractivity contribution is 5.76. The molecule has 0 aliphatic rings. The van der Waals surface area contributed by atoms with Crippen LogP contribution in [0.25, 0.3) is 0 Å². The quantitative estimate of drug-likeness (QED) is 0.0365. The molecule has 1 amide bonds. The molecule has 0 aromatic carbocycles. The van der Waals surface area contributed by atoms with Crippen LogP contribution in [0.4, 0.5) is 0 Å². The molecule has 4 N–H and O–H groups in total. The predicted octanol–water partition coefficient (Wildman–Crippen LogP) is 14.7. The van der Waals surface area contributed by atoms with Crippen LogP contribution in [0.15, 0.2) is 36.5 Å². The van der Waals surface area contributed by atoms with Crippen LogP contribution in [0.1, 0.15) is 258 Å². The Hall–Kier alpha value is -1.43. The third-order valence-electron chi connectivity index (χ3n) is 11.5. The van der Waals surface area contributed by atoms with Crippen molar-refractivity contribution in [2.75, 3.05) is 6.61 Å². The highest BCUT2D eigenvalue weighted by Crippen LogP contribution is 2.16. The Labute approximate surface area is 349 Å². The Morgan fingerprint density at radius 3 is 1.18 bits per heavy atom. The van der Waals surface area contributed by atoms with E-state index >= 15 is 0 Å². The van der Waals surface area contributed by atoms with E-state index in [2.05, 4.69) is 55.6 Å². The van der Waals surface area contributed by atoms with Crippen molar-refractivity contribution in [3.63, 3.8) is 0 Å². The molecule has 0 spiro atoms. The molecule has 5 nitrogen and oxygen atoms in total. The summed E-state index contributed by atoms with van der Waals surface area (Å²) in [6.45, 7) is 4.04. The first kappa shape index (κ1) is 54.6. The average molecular weight is 788 g/mol. The maximum absolute atomic E-state index is 12.4. The van der Waals surface area contributed by atoms with Gasteiger partial charge in [0.25, 0.3) is 0 Å². The number of rotatable bonds is 45. The van der Waals surface area contributed by atoms with Crippen molar-refractivity contribution in [3.05, 3.63) is 36.5 Å². The number of carbonyl (C=O) groups is 1. The SMILES string of the molecule is CC/C=C/CC/C=C/CCCC(O)C(O)C(CO)NC(=O)CCCCCCCCCCCCCCCCCCC/C=C\CCCCCCCCCCCCCC. The van der Waals surface area contributed by atoms with Gasteiger partial charge >= 0.3 is 0 Å². The van der Waals surface area contributed by atoms with Crippen molar-refractivity contribution in [2.45, 2.75) is 276 Å². The van der Waals surface area contributed by atoms with Crippen LogP contribution in [-0.4, -0.2) is 46.1 Å². The standard InChI is InChI=1S/C51H97NO4/c1-3-5-7-9-11-13-14-15-16-17-18-19-20-21-22-23-24-25-26-27-28-29-30-31-32-33-34-35-36-38-40-42-44-46-50(55)52-48(47-53)51(56)49(54)45-43-41-39-37-12-10-8-6-4-2/h6,8,21-22,37,39,48-49,51,53-54,56H,3-5,7,9-20,23-36,38,40-47H2,1-2H3,(H,52,55)/b8-6+,22-21-,39-37+. The lowest BCUT2D eigenvalue weighted by Gasteiger charge is -2.26. The van der Waals surface area contributed by atoms with Gasteiger partial charge in [0.05, 0.1) is 18.8 Å². The molecule has 0 fully saturated rings. The molecule has 0 aliphatic heterocycles. The van der Waals surface area contributed by atoms with Gasteiger partial charge in [-0.25, -0.2) is 0 Å². The molecule has 330 valence electrons. The predicted molar refractivity (Wildman–Crippen MR) is 245 cm³/mol. The van der Waals surface area contributed by atoms with E-state index in [0.29, 0.717) is 12.8 Å². The molecular formula is C51H97NO4. The molecule has 0 saturated carbocycles. The lowest BCUT2D eigenvalue weighted by atomic mass is 10.0. The minimum absolute atomic E-state index is 0.159. The summed E-state index contributed by atoms with van der Waals surface area (Å²) >= 11 is 0. The number of allylic oxidation sites excluding steroid dienone is 6. The third kappa shape index (κ3) is 40.8. The van der Waals surface area contributed by atoms with Crippen LogP contribution in [0, 0.1) is 0 Å². The van der Waals surface area contributed by atoms with Gasteiger partial charge in [-0.1, -0.05) is 217 Å². The minimum Gasteiger partial charge on any atom is -0.394 e. The molecular weight excluding hydrogens is 691 g/mol. The van der Waals surface area contributed by atoms with E-state index in [1.807, 2.05) is 0 Å². The Kier molecular flexibility index (Phi) is 45.1. The van der Waals surface area contributed by atoms with Crippen molar-refractivity contribution in [1.82, 2.24) is 5.32 Å². The molecule has 0 aromatic heterocycles. The zero-order chi connectivity index (χ0) is 40.8. The topological polar surface area (TPSA) is 89.8 Å². The second-order valence-electron chi connectivity index (χ2n) is 17.0. The van der Waals surface area contributed by atoms with Crippen molar-refractivity contribution in [3.8, 4) is 0 Å². The van der Waals surface area contributed by atoms with Gasteiger partial charge in [0.1, 0.15) is 6.10 Å². The molecule has 3 unspecified atom stereocenters. The van der Waals surface area contributed by atoms with E-state index in [1.165, 1.54) is 180 Å². The second kappa shape index (κ2) is 46.3. The number of unbranched alkanes of at least 4 members (excludes halogenated alkanes) is 31. The van der Waals surface area contributed by atoms with Gasteiger partial charge in [0, 0.05) is 6.42 Å². The summed E-state index contributed by atoms with van der Waals surface area (Å²) in [6.07, 6.45) is 58.9. The van der Waals surface area contributed by atoms with Crippen molar-refractivity contribution in [2.24, 2.45) is 0 Å². The van der Waals surface area contributed by atoms with Crippen molar-refractivity contribution < 1.29 is 20.1 Å². The average Bonchev–Trinajstić information content (AvgIpc) is 3.20. The fourth-order valence-corrected chi connectivity index (χ4v) is 7.65. The Balaban J connectivity index is 3.45. The van der Waals surface area contributed by atoms with Crippen LogP contribution in [0.3, 0.4) is 0 Å². The number of carbonyl (C=O) groups excluding carboxylic acids is 1. The van der Waals surface area contributed by atoms with Gasteiger partial charge < -0.3 is 20.6 Å². The maximum atomic E-state index is 12.4. The summed E-state index contributed by atoms with van der Waals surface area (Å²) in [6, 6.07) is -0.829. The molecule has 0 radical (unpaired) electrons. The number of aliphatic hydroxyl groups is 3.